The number of aryl methyl sites for hydroxylation is 1. The van der Waals surface area contributed by atoms with Crippen LogP contribution in [0.15, 0.2) is 30.5 Å². The number of aromatic hydroxyl groups is 1. The van der Waals surface area contributed by atoms with E-state index in [-0.39, 0.29) is 6.54 Å². The summed E-state index contributed by atoms with van der Waals surface area (Å²) in [5.41, 5.74) is 0.820. The molecule has 1 aromatic carbocycles. The van der Waals surface area contributed by atoms with Crippen molar-refractivity contribution in [1.82, 2.24) is 9.71 Å². The molecule has 0 aliphatic carbocycles. The Bertz CT molecular complexity index is 908. The third kappa shape index (κ3) is 3.48. The first-order chi connectivity index (χ1) is 11.8. The number of carbonyl (C=O) groups is 1. The quantitative estimate of drug-likeness (QED) is 0.745. The van der Waals surface area contributed by atoms with Crippen LogP contribution in [0.5, 0.6) is 5.75 Å². The smallest absolute Gasteiger partial charge is 0.326 e. The molecule has 1 aliphatic heterocycles. The number of amides is 1. The van der Waals surface area contributed by atoms with Gasteiger partial charge in [-0.1, -0.05) is 6.07 Å². The van der Waals surface area contributed by atoms with Crippen molar-refractivity contribution < 1.29 is 22.7 Å². The van der Waals surface area contributed by atoms with Gasteiger partial charge in [0.2, 0.25) is 0 Å². The second kappa shape index (κ2) is 6.20. The van der Waals surface area contributed by atoms with Gasteiger partial charge in [0.25, 0.3) is 5.91 Å². The van der Waals surface area contributed by atoms with Crippen LogP contribution in [0.4, 0.5) is 15.9 Å². The van der Waals surface area contributed by atoms with Gasteiger partial charge in [0.05, 0.1) is 0 Å². The van der Waals surface area contributed by atoms with Crippen LogP contribution in [0, 0.1) is 12.7 Å². The topological polar surface area (TPSA) is 112 Å². The van der Waals surface area contributed by atoms with Crippen LogP contribution in [0.3, 0.4) is 0 Å². The lowest BCUT2D eigenvalue weighted by Gasteiger charge is -2.18. The fourth-order valence-electron chi connectivity index (χ4n) is 2.40. The molecular weight excluding hydrogens is 351 g/mol. The molecule has 8 nitrogen and oxygen atoms in total. The molecule has 0 radical (unpaired) electrons. The van der Waals surface area contributed by atoms with Gasteiger partial charge < -0.3 is 10.4 Å². The van der Waals surface area contributed by atoms with Crippen molar-refractivity contribution in [3.05, 3.63) is 47.4 Å². The van der Waals surface area contributed by atoms with E-state index in [2.05, 4.69) is 10.3 Å². The SMILES string of the molecule is Cc1ccc(NCc2cc(O)c(N3CC(=O)NS3(=O)=O)c(F)c2)nc1. The van der Waals surface area contributed by atoms with E-state index < -0.39 is 39.9 Å². The zero-order chi connectivity index (χ0) is 18.2. The van der Waals surface area contributed by atoms with Crippen molar-refractivity contribution in [2.75, 3.05) is 16.2 Å². The molecular formula is C15H15FN4O4S. The number of benzene rings is 1. The number of phenolic OH excluding ortho intramolecular Hbond substituents is 1. The van der Waals surface area contributed by atoms with Gasteiger partial charge in [-0.15, -0.1) is 0 Å². The molecule has 0 spiro atoms. The Labute approximate surface area is 143 Å². The summed E-state index contributed by atoms with van der Waals surface area (Å²) in [6.45, 7) is 1.48. The van der Waals surface area contributed by atoms with Gasteiger partial charge in [0.1, 0.15) is 23.8 Å². The minimum atomic E-state index is -4.20. The molecule has 3 N–H and O–H groups in total. The summed E-state index contributed by atoms with van der Waals surface area (Å²) < 4.78 is 40.2. The van der Waals surface area contributed by atoms with Crippen molar-refractivity contribution in [2.45, 2.75) is 13.5 Å². The Morgan fingerprint density at radius 3 is 2.72 bits per heavy atom. The fraction of sp³-hybridized carbons (Fsp3) is 0.200. The van der Waals surface area contributed by atoms with E-state index in [1.807, 2.05) is 13.0 Å². The zero-order valence-electron chi connectivity index (χ0n) is 13.2. The molecule has 2 heterocycles. The molecule has 0 unspecified atom stereocenters. The van der Waals surface area contributed by atoms with Crippen LogP contribution >= 0.6 is 0 Å². The number of rotatable bonds is 4. The third-order valence-electron chi connectivity index (χ3n) is 3.56. The van der Waals surface area contributed by atoms with Gasteiger partial charge in [-0.2, -0.15) is 8.42 Å². The molecule has 1 aromatic heterocycles. The van der Waals surface area contributed by atoms with E-state index in [0.29, 0.717) is 15.7 Å². The first-order valence-electron chi connectivity index (χ1n) is 7.27. The summed E-state index contributed by atoms with van der Waals surface area (Å²) in [5.74, 6) is -1.75. The monoisotopic (exact) mass is 366 g/mol. The predicted octanol–water partition coefficient (Wildman–Crippen LogP) is 1.03. The molecule has 0 atom stereocenters. The third-order valence-corrected chi connectivity index (χ3v) is 4.94. The minimum Gasteiger partial charge on any atom is -0.506 e. The van der Waals surface area contributed by atoms with Crippen molar-refractivity contribution >= 4 is 27.6 Å². The van der Waals surface area contributed by atoms with E-state index in [4.69, 9.17) is 0 Å². The minimum absolute atomic E-state index is 0.171. The van der Waals surface area contributed by atoms with E-state index in [9.17, 15) is 22.7 Å². The van der Waals surface area contributed by atoms with Crippen LogP contribution in [0.2, 0.25) is 0 Å². The first kappa shape index (κ1) is 17.0. The molecule has 132 valence electrons. The number of hydrogen-bond acceptors (Lipinski definition) is 6. The Kier molecular flexibility index (Phi) is 4.21. The van der Waals surface area contributed by atoms with Gasteiger partial charge in [-0.05, 0) is 36.2 Å². The summed E-state index contributed by atoms with van der Waals surface area (Å²) in [6.07, 6.45) is 1.67. The van der Waals surface area contributed by atoms with Crippen LogP contribution in [-0.2, 0) is 21.5 Å². The van der Waals surface area contributed by atoms with Gasteiger partial charge in [0, 0.05) is 12.7 Å². The number of anilines is 2. The van der Waals surface area contributed by atoms with Crippen LogP contribution in [0.1, 0.15) is 11.1 Å². The summed E-state index contributed by atoms with van der Waals surface area (Å²) in [7, 11) is -4.20. The first-order valence-corrected chi connectivity index (χ1v) is 8.71. The van der Waals surface area contributed by atoms with E-state index in [0.717, 1.165) is 11.6 Å². The van der Waals surface area contributed by atoms with Crippen molar-refractivity contribution in [2.24, 2.45) is 0 Å². The van der Waals surface area contributed by atoms with E-state index in [1.54, 1.807) is 17.0 Å². The lowest BCUT2D eigenvalue weighted by molar-refractivity contribution is -0.117. The van der Waals surface area contributed by atoms with Gasteiger partial charge in [-0.3, -0.25) is 4.79 Å². The lowest BCUT2D eigenvalue weighted by atomic mass is 10.1. The highest BCUT2D eigenvalue weighted by Crippen LogP contribution is 2.34. The number of hydrogen-bond donors (Lipinski definition) is 3. The van der Waals surface area contributed by atoms with Crippen molar-refractivity contribution in [1.29, 1.82) is 0 Å². The molecule has 0 saturated carbocycles. The lowest BCUT2D eigenvalue weighted by Crippen LogP contribution is -2.30. The van der Waals surface area contributed by atoms with Gasteiger partial charge >= 0.3 is 10.2 Å². The standard InChI is InChI=1S/C15H15FN4O4S/c1-9-2-3-13(17-6-9)18-7-10-4-11(16)15(12(21)5-10)20-8-14(22)19-25(20,23)24/h2-6,21H,7-8H2,1H3,(H,17,18)(H,19,22). The largest absolute Gasteiger partial charge is 0.506 e. The average Bonchev–Trinajstić information content (AvgIpc) is 2.79. The Hall–Kier alpha value is -2.88. The van der Waals surface area contributed by atoms with Gasteiger partial charge in [-0.25, -0.2) is 18.4 Å². The molecule has 3 rings (SSSR count). The Morgan fingerprint density at radius 1 is 1.40 bits per heavy atom. The Balaban J connectivity index is 1.83. The molecule has 0 bridgehead atoms. The molecule has 1 fully saturated rings. The van der Waals surface area contributed by atoms with Crippen molar-refractivity contribution in [3.8, 4) is 5.75 Å². The maximum atomic E-state index is 14.4. The number of pyridine rings is 1. The van der Waals surface area contributed by atoms with E-state index >= 15 is 0 Å². The summed E-state index contributed by atoms with van der Waals surface area (Å²) in [5, 5.41) is 13.0. The molecule has 2 aromatic rings. The number of halogens is 1. The normalized spacial score (nSPS) is 15.9. The van der Waals surface area contributed by atoms with Crippen LogP contribution < -0.4 is 14.3 Å². The zero-order valence-corrected chi connectivity index (χ0v) is 14.0. The predicted molar refractivity (Wildman–Crippen MR) is 88.8 cm³/mol. The Morgan fingerprint density at radius 2 is 2.16 bits per heavy atom. The highest BCUT2D eigenvalue weighted by Gasteiger charge is 2.37. The number of aromatic nitrogens is 1. The molecule has 1 saturated heterocycles. The van der Waals surface area contributed by atoms with Crippen molar-refractivity contribution in [3.63, 3.8) is 0 Å². The second-order valence-electron chi connectivity index (χ2n) is 5.56. The number of nitrogens with one attached hydrogen (secondary N) is 2. The molecule has 25 heavy (non-hydrogen) atoms. The molecule has 10 heteroatoms. The number of nitrogens with zero attached hydrogens (tertiary/aromatic N) is 2. The van der Waals surface area contributed by atoms with E-state index in [1.165, 1.54) is 6.07 Å². The fourth-order valence-corrected chi connectivity index (χ4v) is 3.57. The second-order valence-corrected chi connectivity index (χ2v) is 7.15. The number of phenols is 1. The van der Waals surface area contributed by atoms with Gasteiger partial charge in [0.15, 0.2) is 5.82 Å². The average molecular weight is 366 g/mol. The maximum Gasteiger partial charge on any atom is 0.326 e. The molecule has 1 amide bonds. The molecule has 1 aliphatic rings. The summed E-state index contributed by atoms with van der Waals surface area (Å²) in [6, 6.07) is 5.94. The number of carbonyl (C=O) groups excluding carboxylic acids is 1. The maximum absolute atomic E-state index is 14.4. The van der Waals surface area contributed by atoms with Crippen LogP contribution in [0.25, 0.3) is 0 Å². The highest BCUT2D eigenvalue weighted by molar-refractivity contribution is 7.92. The summed E-state index contributed by atoms with van der Waals surface area (Å²) in [4.78, 5) is 15.4. The van der Waals surface area contributed by atoms with Crippen LogP contribution in [-0.4, -0.2) is 31.0 Å². The highest BCUT2D eigenvalue weighted by atomic mass is 32.2. The summed E-state index contributed by atoms with van der Waals surface area (Å²) >= 11 is 0.